The molecule has 0 atom stereocenters. The Morgan fingerprint density at radius 3 is 2.56 bits per heavy atom. The molecule has 0 saturated carbocycles. The predicted molar refractivity (Wildman–Crippen MR) is 101 cm³/mol. The molecule has 5 nitrogen and oxygen atoms in total. The third-order valence-corrected chi connectivity index (χ3v) is 5.31. The molecular formula is C21H23FN4O. The van der Waals surface area contributed by atoms with Gasteiger partial charge in [0, 0.05) is 31.1 Å². The van der Waals surface area contributed by atoms with E-state index < -0.39 is 0 Å². The van der Waals surface area contributed by atoms with Gasteiger partial charge < -0.3 is 9.32 Å². The van der Waals surface area contributed by atoms with Crippen molar-refractivity contribution < 1.29 is 8.81 Å². The highest BCUT2D eigenvalue weighted by Gasteiger charge is 2.36. The zero-order valence-electron chi connectivity index (χ0n) is 15.7. The number of nitrogens with zero attached hydrogens (tertiary/aromatic N) is 4. The molecule has 3 aromatic rings. The van der Waals surface area contributed by atoms with Gasteiger partial charge in [-0.25, -0.2) is 19.3 Å². The van der Waals surface area contributed by atoms with Crippen molar-refractivity contribution in [3.05, 3.63) is 71.6 Å². The summed E-state index contributed by atoms with van der Waals surface area (Å²) in [4.78, 5) is 15.5. The molecule has 0 bridgehead atoms. The number of aromatic nitrogens is 3. The van der Waals surface area contributed by atoms with E-state index in [1.165, 1.54) is 12.1 Å². The Bertz CT molecular complexity index is 914. The Kier molecular flexibility index (Phi) is 4.64. The van der Waals surface area contributed by atoms with Gasteiger partial charge in [0.2, 0.25) is 0 Å². The molecule has 3 heterocycles. The molecule has 1 aliphatic rings. The van der Waals surface area contributed by atoms with Gasteiger partial charge in [0.15, 0.2) is 5.89 Å². The highest BCUT2D eigenvalue weighted by molar-refractivity contribution is 5.38. The summed E-state index contributed by atoms with van der Waals surface area (Å²) in [7, 11) is 0. The SMILES string of the molecule is Cc1nccc(N2CCC(C)(c3ncc(Cc4ccc(F)cc4)o3)CC2)n1. The molecule has 1 fully saturated rings. The van der Waals surface area contributed by atoms with E-state index in [-0.39, 0.29) is 11.2 Å². The number of hydrogen-bond acceptors (Lipinski definition) is 5. The van der Waals surface area contributed by atoms with Gasteiger partial charge in [0.05, 0.1) is 6.20 Å². The molecular weight excluding hydrogens is 343 g/mol. The van der Waals surface area contributed by atoms with Crippen LogP contribution in [0.15, 0.2) is 47.1 Å². The highest BCUT2D eigenvalue weighted by Crippen LogP contribution is 2.36. The Morgan fingerprint density at radius 1 is 1.11 bits per heavy atom. The Labute approximate surface area is 158 Å². The second kappa shape index (κ2) is 7.10. The van der Waals surface area contributed by atoms with Crippen molar-refractivity contribution in [1.29, 1.82) is 0 Å². The van der Waals surface area contributed by atoms with Crippen molar-refractivity contribution in [2.45, 2.75) is 38.5 Å². The quantitative estimate of drug-likeness (QED) is 0.697. The van der Waals surface area contributed by atoms with Crippen LogP contribution in [0.1, 0.15) is 42.8 Å². The maximum atomic E-state index is 13.1. The number of hydrogen-bond donors (Lipinski definition) is 0. The van der Waals surface area contributed by atoms with E-state index in [2.05, 4.69) is 26.8 Å². The Hall–Kier alpha value is -2.76. The van der Waals surface area contributed by atoms with Gasteiger partial charge in [-0.15, -0.1) is 0 Å². The number of oxazole rings is 1. The predicted octanol–water partition coefficient (Wildman–Crippen LogP) is 4.06. The molecule has 1 aliphatic heterocycles. The number of benzene rings is 1. The maximum Gasteiger partial charge on any atom is 0.200 e. The lowest BCUT2D eigenvalue weighted by Crippen LogP contribution is -2.41. The zero-order valence-corrected chi connectivity index (χ0v) is 15.7. The van der Waals surface area contributed by atoms with Crippen LogP contribution < -0.4 is 4.90 Å². The normalized spacial score (nSPS) is 16.5. The molecule has 0 unspecified atom stereocenters. The molecule has 0 N–H and O–H groups in total. The zero-order chi connectivity index (χ0) is 18.9. The summed E-state index contributed by atoms with van der Waals surface area (Å²) >= 11 is 0. The minimum absolute atomic E-state index is 0.0837. The fourth-order valence-corrected chi connectivity index (χ4v) is 3.53. The molecule has 0 radical (unpaired) electrons. The lowest BCUT2D eigenvalue weighted by Gasteiger charge is -2.37. The molecule has 0 spiro atoms. The first-order valence-corrected chi connectivity index (χ1v) is 9.26. The summed E-state index contributed by atoms with van der Waals surface area (Å²) in [5, 5.41) is 0. The van der Waals surface area contributed by atoms with Crippen LogP contribution in [0.25, 0.3) is 0 Å². The van der Waals surface area contributed by atoms with E-state index in [0.717, 1.165) is 54.8 Å². The topological polar surface area (TPSA) is 55.1 Å². The number of piperidine rings is 1. The van der Waals surface area contributed by atoms with Crippen molar-refractivity contribution >= 4 is 5.82 Å². The van der Waals surface area contributed by atoms with E-state index in [9.17, 15) is 4.39 Å². The Balaban J connectivity index is 1.43. The largest absolute Gasteiger partial charge is 0.445 e. The minimum Gasteiger partial charge on any atom is -0.445 e. The average molecular weight is 366 g/mol. The number of halogens is 1. The monoisotopic (exact) mass is 366 g/mol. The summed E-state index contributed by atoms with van der Waals surface area (Å²) in [5.74, 6) is 3.15. The first kappa shape index (κ1) is 17.6. The summed E-state index contributed by atoms with van der Waals surface area (Å²) in [6, 6.07) is 8.46. The van der Waals surface area contributed by atoms with Crippen LogP contribution in [-0.4, -0.2) is 28.0 Å². The lowest BCUT2D eigenvalue weighted by molar-refractivity contribution is 0.278. The van der Waals surface area contributed by atoms with E-state index in [1.807, 2.05) is 13.0 Å². The smallest absolute Gasteiger partial charge is 0.200 e. The van der Waals surface area contributed by atoms with Gasteiger partial charge in [-0.05, 0) is 43.5 Å². The van der Waals surface area contributed by atoms with Gasteiger partial charge in [-0.3, -0.25) is 0 Å². The van der Waals surface area contributed by atoms with Crippen molar-refractivity contribution in [3.8, 4) is 0 Å². The highest BCUT2D eigenvalue weighted by atomic mass is 19.1. The summed E-state index contributed by atoms with van der Waals surface area (Å²) in [5.41, 5.74) is 0.929. The Morgan fingerprint density at radius 2 is 1.85 bits per heavy atom. The standard InChI is InChI=1S/C21H23FN4O/c1-15-23-10-7-19(25-15)26-11-8-21(2,9-12-26)20-24-14-18(27-20)13-16-3-5-17(22)6-4-16/h3-7,10,14H,8-9,11-13H2,1-2H3. The van der Waals surface area contributed by atoms with E-state index in [4.69, 9.17) is 4.42 Å². The third-order valence-electron chi connectivity index (χ3n) is 5.31. The molecule has 6 heteroatoms. The van der Waals surface area contributed by atoms with Crippen LogP contribution in [0.2, 0.25) is 0 Å². The molecule has 27 heavy (non-hydrogen) atoms. The fourth-order valence-electron chi connectivity index (χ4n) is 3.53. The van der Waals surface area contributed by atoms with Crippen molar-refractivity contribution in [1.82, 2.24) is 15.0 Å². The lowest BCUT2D eigenvalue weighted by atomic mass is 9.80. The summed E-state index contributed by atoms with van der Waals surface area (Å²) in [6.07, 6.45) is 6.13. The van der Waals surface area contributed by atoms with Crippen LogP contribution in [0.3, 0.4) is 0 Å². The van der Waals surface area contributed by atoms with Crippen molar-refractivity contribution in [3.63, 3.8) is 0 Å². The molecule has 1 aromatic carbocycles. The summed E-state index contributed by atoms with van der Waals surface area (Å²) < 4.78 is 19.1. The van der Waals surface area contributed by atoms with Crippen molar-refractivity contribution in [2.24, 2.45) is 0 Å². The fraction of sp³-hybridized carbons (Fsp3) is 0.381. The van der Waals surface area contributed by atoms with Crippen molar-refractivity contribution in [2.75, 3.05) is 18.0 Å². The van der Waals surface area contributed by atoms with Gasteiger partial charge in [0.25, 0.3) is 0 Å². The van der Waals surface area contributed by atoms with Crippen LogP contribution in [-0.2, 0) is 11.8 Å². The maximum absolute atomic E-state index is 13.1. The van der Waals surface area contributed by atoms with Gasteiger partial charge in [0.1, 0.15) is 23.2 Å². The first-order chi connectivity index (χ1) is 13.0. The van der Waals surface area contributed by atoms with Crippen LogP contribution >= 0.6 is 0 Å². The second-order valence-electron chi connectivity index (χ2n) is 7.44. The second-order valence-corrected chi connectivity index (χ2v) is 7.44. The van der Waals surface area contributed by atoms with E-state index in [1.54, 1.807) is 24.5 Å². The average Bonchev–Trinajstić information content (AvgIpc) is 3.14. The third kappa shape index (κ3) is 3.84. The molecule has 140 valence electrons. The van der Waals surface area contributed by atoms with Gasteiger partial charge in [-0.1, -0.05) is 19.1 Å². The van der Waals surface area contributed by atoms with E-state index in [0.29, 0.717) is 6.42 Å². The van der Waals surface area contributed by atoms with Gasteiger partial charge >= 0.3 is 0 Å². The number of anilines is 1. The molecule has 0 aliphatic carbocycles. The molecule has 4 rings (SSSR count). The molecule has 2 aromatic heterocycles. The first-order valence-electron chi connectivity index (χ1n) is 9.26. The number of aryl methyl sites for hydroxylation is 1. The van der Waals surface area contributed by atoms with Gasteiger partial charge in [-0.2, -0.15) is 0 Å². The van der Waals surface area contributed by atoms with Crippen LogP contribution in [0.4, 0.5) is 10.2 Å². The van der Waals surface area contributed by atoms with Crippen LogP contribution in [0.5, 0.6) is 0 Å². The van der Waals surface area contributed by atoms with Crippen LogP contribution in [0, 0.1) is 12.7 Å². The summed E-state index contributed by atoms with van der Waals surface area (Å²) in [6.45, 7) is 5.93. The minimum atomic E-state index is -0.227. The molecule has 0 amide bonds. The number of rotatable bonds is 4. The molecule has 1 saturated heterocycles. The van der Waals surface area contributed by atoms with E-state index >= 15 is 0 Å².